The molecule has 0 aliphatic rings. The van der Waals surface area contributed by atoms with Crippen LogP contribution in [0, 0.1) is 12.3 Å². The average molecular weight is 534 g/mol. The largest absolute Gasteiger partial charge is 0.493 e. The van der Waals surface area contributed by atoms with Crippen LogP contribution in [0.4, 0.5) is 3.89 Å². The molecular formula is C28H24FN3O5S. The van der Waals surface area contributed by atoms with Gasteiger partial charge in [0, 0.05) is 40.3 Å². The Morgan fingerprint density at radius 3 is 2.66 bits per heavy atom. The fraction of sp³-hybridized carbons (Fsp3) is 0.214. The highest BCUT2D eigenvalue weighted by atomic mass is 32.3. The van der Waals surface area contributed by atoms with Gasteiger partial charge in [0.15, 0.2) is 11.2 Å². The Kier molecular flexibility index (Phi) is 6.55. The maximum atomic E-state index is 13.9. The lowest BCUT2D eigenvalue weighted by Gasteiger charge is -2.17. The van der Waals surface area contributed by atoms with E-state index in [0.29, 0.717) is 57.5 Å². The van der Waals surface area contributed by atoms with Crippen LogP contribution in [0.15, 0.2) is 53.6 Å². The zero-order valence-corrected chi connectivity index (χ0v) is 21.6. The van der Waals surface area contributed by atoms with E-state index in [1.165, 1.54) is 12.3 Å². The summed E-state index contributed by atoms with van der Waals surface area (Å²) in [7, 11) is -5.23. The number of pyridine rings is 2. The van der Waals surface area contributed by atoms with Gasteiger partial charge >= 0.3 is 10.5 Å². The molecule has 0 radical (unpaired) electrons. The third-order valence-corrected chi connectivity index (χ3v) is 6.76. The Morgan fingerprint density at radius 2 is 1.95 bits per heavy atom. The van der Waals surface area contributed by atoms with Crippen molar-refractivity contribution in [1.82, 2.24) is 14.5 Å². The number of nitrogens with one attached hydrogen (secondary N) is 1. The van der Waals surface area contributed by atoms with Gasteiger partial charge in [-0.1, -0.05) is 29.2 Å². The number of hydrogen-bond acceptors (Lipinski definition) is 6. The second-order valence-corrected chi connectivity index (χ2v) is 9.73. The molecule has 0 aliphatic heterocycles. The molecule has 0 spiro atoms. The molecule has 0 saturated heterocycles. The van der Waals surface area contributed by atoms with Gasteiger partial charge in [0.25, 0.3) is 0 Å². The molecule has 10 heteroatoms. The van der Waals surface area contributed by atoms with Gasteiger partial charge in [-0.05, 0) is 43.7 Å². The van der Waals surface area contributed by atoms with Crippen molar-refractivity contribution in [1.29, 1.82) is 0 Å². The third-order valence-electron chi connectivity index (χ3n) is 6.37. The van der Waals surface area contributed by atoms with Crippen LogP contribution < -0.4 is 14.3 Å². The monoisotopic (exact) mass is 533 g/mol. The lowest BCUT2D eigenvalue weighted by Crippen LogP contribution is -2.11. The number of rotatable bonds is 8. The van der Waals surface area contributed by atoms with E-state index >= 15 is 0 Å². The molecule has 0 unspecified atom stereocenters. The van der Waals surface area contributed by atoms with Crippen LogP contribution in [0.25, 0.3) is 44.0 Å². The van der Waals surface area contributed by atoms with E-state index in [0.717, 1.165) is 29.9 Å². The lowest BCUT2D eigenvalue weighted by molar-refractivity contribution is 0.311. The number of nitrogens with zero attached hydrogens (tertiary/aromatic N) is 2. The van der Waals surface area contributed by atoms with Gasteiger partial charge in [-0.3, -0.25) is 9.78 Å². The first-order chi connectivity index (χ1) is 18.2. The Hall–Kier alpha value is -4.36. The smallest absolute Gasteiger partial charge is 0.488 e. The van der Waals surface area contributed by atoms with Crippen LogP contribution in [-0.4, -0.2) is 29.6 Å². The van der Waals surface area contributed by atoms with E-state index in [9.17, 15) is 17.1 Å². The van der Waals surface area contributed by atoms with Crippen LogP contribution >= 0.6 is 0 Å². The molecule has 5 aromatic rings. The molecule has 0 amide bonds. The van der Waals surface area contributed by atoms with Gasteiger partial charge in [0.1, 0.15) is 11.4 Å². The van der Waals surface area contributed by atoms with Crippen LogP contribution in [0.5, 0.6) is 11.5 Å². The highest BCUT2D eigenvalue weighted by Gasteiger charge is 2.20. The summed E-state index contributed by atoms with van der Waals surface area (Å²) in [5, 5.41) is 1.78. The molecule has 0 fully saturated rings. The fourth-order valence-electron chi connectivity index (χ4n) is 4.66. The number of benzene rings is 2. The van der Waals surface area contributed by atoms with Gasteiger partial charge in [-0.15, -0.1) is 6.42 Å². The summed E-state index contributed by atoms with van der Waals surface area (Å²) in [6.07, 6.45) is 9.85. The highest BCUT2D eigenvalue weighted by molar-refractivity contribution is 7.81. The summed E-state index contributed by atoms with van der Waals surface area (Å²) >= 11 is 0. The Labute approximate surface area is 218 Å². The first kappa shape index (κ1) is 25.3. The number of ether oxygens (including phenoxy) is 1. The average Bonchev–Trinajstić information content (AvgIpc) is 3.27. The van der Waals surface area contributed by atoms with Crippen LogP contribution in [0.1, 0.15) is 32.3 Å². The second-order valence-electron chi connectivity index (χ2n) is 8.78. The van der Waals surface area contributed by atoms with Crippen molar-refractivity contribution < 1.29 is 21.2 Å². The maximum absolute atomic E-state index is 13.9. The summed E-state index contributed by atoms with van der Waals surface area (Å²) in [4.78, 5) is 21.2. The van der Waals surface area contributed by atoms with E-state index in [1.807, 2.05) is 30.5 Å². The van der Waals surface area contributed by atoms with Crippen LogP contribution in [0.2, 0.25) is 0 Å². The van der Waals surface area contributed by atoms with Crippen molar-refractivity contribution in [2.75, 3.05) is 6.61 Å². The second kappa shape index (κ2) is 9.84. The van der Waals surface area contributed by atoms with Gasteiger partial charge in [0.05, 0.1) is 29.1 Å². The van der Waals surface area contributed by atoms with Crippen molar-refractivity contribution in [2.24, 2.45) is 0 Å². The predicted octanol–water partition coefficient (Wildman–Crippen LogP) is 5.47. The molecule has 5 rings (SSSR count). The maximum Gasteiger partial charge on any atom is 0.488 e. The molecule has 38 heavy (non-hydrogen) atoms. The number of unbranched alkanes of at least 4 members (excludes halogenated alkanes) is 1. The van der Waals surface area contributed by atoms with E-state index in [4.69, 9.17) is 11.2 Å². The molecule has 0 bridgehead atoms. The van der Waals surface area contributed by atoms with E-state index in [-0.39, 0.29) is 11.2 Å². The molecule has 194 valence electrons. The topological polar surface area (TPSA) is 103 Å². The van der Waals surface area contributed by atoms with Crippen LogP contribution in [0.3, 0.4) is 0 Å². The lowest BCUT2D eigenvalue weighted by atomic mass is 10.0. The van der Waals surface area contributed by atoms with Gasteiger partial charge < -0.3 is 18.5 Å². The highest BCUT2D eigenvalue weighted by Crippen LogP contribution is 2.37. The number of hydrogen-bond donors (Lipinski definition) is 1. The number of halogens is 1. The number of fused-ring (bicyclic) bond motifs is 4. The van der Waals surface area contributed by atoms with Crippen molar-refractivity contribution >= 4 is 43.3 Å². The standard InChI is InChI=1S/C28H24FN3O5S/c1-4-7-10-36-25-14-22-24(13-21(25)18-12-19(16-30-15-18)37-38(29,34)35)32(6-3)28-26(27(22)33)20-9-8-17(5-2)11-23(20)31-28/h2,8-9,11-16,31H,4,6-7,10H2,1,3H3. The number of terminal acetylenes is 1. The first-order valence-corrected chi connectivity index (χ1v) is 13.4. The van der Waals surface area contributed by atoms with Gasteiger partial charge in [-0.2, -0.15) is 8.42 Å². The molecule has 8 nitrogen and oxygen atoms in total. The van der Waals surface area contributed by atoms with E-state index < -0.39 is 10.5 Å². The first-order valence-electron chi connectivity index (χ1n) is 12.1. The quantitative estimate of drug-likeness (QED) is 0.161. The summed E-state index contributed by atoms with van der Waals surface area (Å²) in [5.74, 6) is 2.75. The minimum atomic E-state index is -5.23. The Balaban J connectivity index is 1.82. The van der Waals surface area contributed by atoms with E-state index in [1.54, 1.807) is 18.2 Å². The van der Waals surface area contributed by atoms with Gasteiger partial charge in [-0.25, -0.2) is 0 Å². The molecule has 0 aliphatic carbocycles. The Bertz CT molecular complexity index is 1920. The van der Waals surface area contributed by atoms with Crippen molar-refractivity contribution in [3.05, 3.63) is 64.6 Å². The molecule has 3 aromatic heterocycles. The minimum Gasteiger partial charge on any atom is -0.493 e. The van der Waals surface area contributed by atoms with Crippen molar-refractivity contribution in [2.45, 2.75) is 33.2 Å². The van der Waals surface area contributed by atoms with Crippen LogP contribution in [-0.2, 0) is 17.0 Å². The van der Waals surface area contributed by atoms with Crippen molar-refractivity contribution in [3.63, 3.8) is 0 Å². The number of H-pyrrole nitrogens is 1. The fourth-order valence-corrected chi connectivity index (χ4v) is 4.98. The third kappa shape index (κ3) is 4.57. The summed E-state index contributed by atoms with van der Waals surface area (Å²) in [6, 6.07) is 10.3. The SMILES string of the molecule is C#Cc1ccc2c(c1)[nH]c1c2c(=O)c2cc(OCCCC)c(-c3cncc(OS(=O)(=O)F)c3)cc2n1CC. The number of aromatic nitrogens is 3. The number of aromatic amines is 1. The number of aryl methyl sites for hydroxylation is 1. The predicted molar refractivity (Wildman–Crippen MR) is 145 cm³/mol. The van der Waals surface area contributed by atoms with Gasteiger partial charge in [0.2, 0.25) is 0 Å². The molecule has 0 saturated carbocycles. The van der Waals surface area contributed by atoms with Crippen molar-refractivity contribution in [3.8, 4) is 35.0 Å². The summed E-state index contributed by atoms with van der Waals surface area (Å²) < 4.78 is 47.7. The molecular weight excluding hydrogens is 509 g/mol. The summed E-state index contributed by atoms with van der Waals surface area (Å²) in [6.45, 7) is 4.95. The van der Waals surface area contributed by atoms with E-state index in [2.05, 4.69) is 20.1 Å². The molecule has 0 atom stereocenters. The minimum absolute atomic E-state index is 0.162. The summed E-state index contributed by atoms with van der Waals surface area (Å²) in [5.41, 5.74) is 3.56. The molecule has 3 heterocycles. The zero-order valence-electron chi connectivity index (χ0n) is 20.7. The zero-order chi connectivity index (χ0) is 27.0. The molecule has 2 aromatic carbocycles. The normalized spacial score (nSPS) is 11.7. The Morgan fingerprint density at radius 1 is 1.13 bits per heavy atom. The molecule has 1 N–H and O–H groups in total.